The number of carbonyl (C=O) groups excluding carboxylic acids is 1. The maximum absolute atomic E-state index is 12.0. The van der Waals surface area contributed by atoms with Crippen LogP contribution in [0.25, 0.3) is 0 Å². The number of carbonyl (C=O) groups is 1. The highest BCUT2D eigenvalue weighted by Gasteiger charge is 2.14. The Morgan fingerprint density at radius 2 is 1.71 bits per heavy atom. The number of nitrogens with zero attached hydrogens (tertiary/aromatic N) is 1. The van der Waals surface area contributed by atoms with Gasteiger partial charge in [0.25, 0.3) is 5.69 Å². The van der Waals surface area contributed by atoms with E-state index in [0.717, 1.165) is 37.8 Å². The molecule has 1 N–H and O–H groups in total. The van der Waals surface area contributed by atoms with Crippen LogP contribution < -0.4 is 4.72 Å². The van der Waals surface area contributed by atoms with E-state index in [0.29, 0.717) is 19.4 Å². The van der Waals surface area contributed by atoms with Gasteiger partial charge in [-0.15, -0.1) is 0 Å². The summed E-state index contributed by atoms with van der Waals surface area (Å²) in [6.07, 6.45) is 4.51. The summed E-state index contributed by atoms with van der Waals surface area (Å²) in [7, 11) is -2.29. The number of nitrogens with one attached hydrogen (secondary N) is 1. The fraction of sp³-hybridized carbons (Fsp3) is 0.533. The molecule has 0 saturated carbocycles. The summed E-state index contributed by atoms with van der Waals surface area (Å²) in [4.78, 5) is 20.9. The van der Waals surface area contributed by atoms with Crippen molar-refractivity contribution in [2.75, 3.05) is 13.7 Å². The Bertz CT molecular complexity index is 642. The van der Waals surface area contributed by atoms with Crippen LogP contribution >= 0.6 is 0 Å². The lowest BCUT2D eigenvalue weighted by molar-refractivity contribution is -0.384. The molecule has 1 rings (SSSR count). The lowest BCUT2D eigenvalue weighted by Crippen LogP contribution is -2.24. The lowest BCUT2D eigenvalue weighted by Gasteiger charge is -2.06. The summed E-state index contributed by atoms with van der Waals surface area (Å²) in [6, 6.07) is 4.76. The minimum Gasteiger partial charge on any atom is -0.469 e. The highest BCUT2D eigenvalue weighted by atomic mass is 32.2. The lowest BCUT2D eigenvalue weighted by atomic mass is 10.1. The van der Waals surface area contributed by atoms with Gasteiger partial charge in [0.15, 0.2) is 0 Å². The average molecular weight is 358 g/mol. The molecule has 0 saturated heterocycles. The highest BCUT2D eigenvalue weighted by molar-refractivity contribution is 7.89. The second kappa shape index (κ2) is 9.99. The van der Waals surface area contributed by atoms with Crippen molar-refractivity contribution in [1.82, 2.24) is 4.72 Å². The van der Waals surface area contributed by atoms with Crippen molar-refractivity contribution >= 4 is 21.7 Å². The number of rotatable bonds is 11. The molecule has 0 aliphatic rings. The van der Waals surface area contributed by atoms with E-state index in [4.69, 9.17) is 0 Å². The van der Waals surface area contributed by atoms with Crippen molar-refractivity contribution in [1.29, 1.82) is 0 Å². The zero-order valence-electron chi connectivity index (χ0n) is 13.6. The van der Waals surface area contributed by atoms with Gasteiger partial charge in [-0.1, -0.05) is 19.3 Å². The summed E-state index contributed by atoms with van der Waals surface area (Å²) in [5.41, 5.74) is -0.152. The summed E-state index contributed by atoms with van der Waals surface area (Å²) >= 11 is 0. The molecule has 1 aromatic carbocycles. The first-order chi connectivity index (χ1) is 11.4. The highest BCUT2D eigenvalue weighted by Crippen LogP contribution is 2.15. The van der Waals surface area contributed by atoms with Crippen LogP contribution in [0.4, 0.5) is 5.69 Å². The molecule has 0 aliphatic carbocycles. The van der Waals surface area contributed by atoms with Crippen LogP contribution in [0, 0.1) is 10.1 Å². The number of nitro groups is 1. The molecule has 0 unspecified atom stereocenters. The number of benzene rings is 1. The number of hydrogen-bond donors (Lipinski definition) is 1. The fourth-order valence-electron chi connectivity index (χ4n) is 2.06. The first-order valence-corrected chi connectivity index (χ1v) is 9.16. The first-order valence-electron chi connectivity index (χ1n) is 7.68. The second-order valence-electron chi connectivity index (χ2n) is 5.24. The zero-order valence-corrected chi connectivity index (χ0v) is 14.4. The number of sulfonamides is 1. The van der Waals surface area contributed by atoms with Gasteiger partial charge in [0, 0.05) is 25.1 Å². The van der Waals surface area contributed by atoms with Crippen molar-refractivity contribution in [2.45, 2.75) is 43.4 Å². The van der Waals surface area contributed by atoms with E-state index < -0.39 is 14.9 Å². The molecule has 134 valence electrons. The van der Waals surface area contributed by atoms with E-state index in [1.165, 1.54) is 19.2 Å². The molecule has 9 heteroatoms. The maximum Gasteiger partial charge on any atom is 0.305 e. The van der Waals surface area contributed by atoms with Gasteiger partial charge >= 0.3 is 5.97 Å². The Labute approximate surface area is 141 Å². The fourth-order valence-corrected chi connectivity index (χ4v) is 3.14. The summed E-state index contributed by atoms with van der Waals surface area (Å²) in [5.74, 6) is -0.217. The van der Waals surface area contributed by atoms with Crippen molar-refractivity contribution in [2.24, 2.45) is 0 Å². The van der Waals surface area contributed by atoms with Crippen LogP contribution in [0.1, 0.15) is 38.5 Å². The molecule has 0 amide bonds. The SMILES string of the molecule is COC(=O)CCCCCCCNS(=O)(=O)c1ccc([N+](=O)[O-])cc1. The number of esters is 1. The van der Waals surface area contributed by atoms with Gasteiger partial charge in [-0.25, -0.2) is 13.1 Å². The number of unbranched alkanes of at least 4 members (excludes halogenated alkanes) is 4. The third-order valence-corrected chi connectivity index (χ3v) is 4.91. The van der Waals surface area contributed by atoms with Crippen molar-refractivity contribution in [3.63, 3.8) is 0 Å². The smallest absolute Gasteiger partial charge is 0.305 e. The Kier molecular flexibility index (Phi) is 8.34. The van der Waals surface area contributed by atoms with E-state index in [1.54, 1.807) is 0 Å². The molecule has 0 radical (unpaired) electrons. The normalized spacial score (nSPS) is 11.2. The molecule has 0 bridgehead atoms. The largest absolute Gasteiger partial charge is 0.469 e. The molecule has 1 aromatic rings. The zero-order chi connectivity index (χ0) is 18.0. The van der Waals surface area contributed by atoms with Crippen LogP contribution in [0.5, 0.6) is 0 Å². The predicted molar refractivity (Wildman–Crippen MR) is 88.0 cm³/mol. The molecule has 0 atom stereocenters. The van der Waals surface area contributed by atoms with Gasteiger partial charge in [-0.3, -0.25) is 14.9 Å². The maximum atomic E-state index is 12.0. The summed E-state index contributed by atoms with van der Waals surface area (Å²) in [5, 5.41) is 10.6. The summed E-state index contributed by atoms with van der Waals surface area (Å²) in [6.45, 7) is 0.302. The molecular weight excluding hydrogens is 336 g/mol. The number of ether oxygens (including phenoxy) is 1. The Balaban J connectivity index is 2.26. The molecule has 24 heavy (non-hydrogen) atoms. The van der Waals surface area contributed by atoms with Crippen LogP contribution in [-0.2, 0) is 19.6 Å². The topological polar surface area (TPSA) is 116 Å². The predicted octanol–water partition coefficient (Wildman–Crippen LogP) is 2.39. The molecule has 0 aromatic heterocycles. The quantitative estimate of drug-likeness (QED) is 0.281. The van der Waals surface area contributed by atoms with E-state index >= 15 is 0 Å². The third-order valence-electron chi connectivity index (χ3n) is 3.44. The molecular formula is C15H22N2O6S. The van der Waals surface area contributed by atoms with Crippen molar-refractivity contribution in [3.05, 3.63) is 34.4 Å². The standard InChI is InChI=1S/C15H22N2O6S/c1-23-15(18)7-5-3-2-4-6-12-16-24(21,22)14-10-8-13(9-11-14)17(19)20/h8-11,16H,2-7,12H2,1H3. The summed E-state index contributed by atoms with van der Waals surface area (Å²) < 4.78 is 31.1. The monoisotopic (exact) mass is 358 g/mol. The van der Waals surface area contributed by atoms with Crippen LogP contribution in [0.2, 0.25) is 0 Å². The van der Waals surface area contributed by atoms with Crippen molar-refractivity contribution in [3.8, 4) is 0 Å². The number of non-ortho nitro benzene ring substituents is 1. The Morgan fingerprint density at radius 3 is 2.29 bits per heavy atom. The van der Waals surface area contributed by atoms with E-state index in [2.05, 4.69) is 9.46 Å². The first kappa shape index (κ1) is 20.0. The molecule has 0 fully saturated rings. The van der Waals surface area contributed by atoms with Gasteiger partial charge in [0.05, 0.1) is 16.9 Å². The Morgan fingerprint density at radius 1 is 1.12 bits per heavy atom. The minimum atomic E-state index is -3.65. The molecule has 0 aliphatic heterocycles. The van der Waals surface area contributed by atoms with Crippen LogP contribution in [-0.4, -0.2) is 33.0 Å². The van der Waals surface area contributed by atoms with Crippen LogP contribution in [0.3, 0.4) is 0 Å². The third kappa shape index (κ3) is 7.05. The molecule has 0 heterocycles. The average Bonchev–Trinajstić information content (AvgIpc) is 2.57. The number of methoxy groups -OCH3 is 1. The van der Waals surface area contributed by atoms with Gasteiger partial charge in [0.1, 0.15) is 0 Å². The minimum absolute atomic E-state index is 0.00572. The number of nitro benzene ring substituents is 1. The molecule has 0 spiro atoms. The van der Waals surface area contributed by atoms with E-state index in [1.807, 2.05) is 0 Å². The van der Waals surface area contributed by atoms with Gasteiger partial charge in [0.2, 0.25) is 10.0 Å². The molecule has 8 nitrogen and oxygen atoms in total. The Hall–Kier alpha value is -2.00. The second-order valence-corrected chi connectivity index (χ2v) is 7.01. The van der Waals surface area contributed by atoms with Gasteiger partial charge in [-0.05, 0) is 25.0 Å². The van der Waals surface area contributed by atoms with Crippen molar-refractivity contribution < 1.29 is 22.9 Å². The van der Waals surface area contributed by atoms with E-state index in [-0.39, 0.29) is 16.6 Å². The number of hydrogen-bond acceptors (Lipinski definition) is 6. The van der Waals surface area contributed by atoms with Crippen LogP contribution in [0.15, 0.2) is 29.2 Å². The van der Waals surface area contributed by atoms with E-state index in [9.17, 15) is 23.3 Å². The van der Waals surface area contributed by atoms with Gasteiger partial charge < -0.3 is 4.74 Å². The van der Waals surface area contributed by atoms with Gasteiger partial charge in [-0.2, -0.15) is 0 Å².